The van der Waals surface area contributed by atoms with Crippen LogP contribution in [-0.2, 0) is 18.6 Å². The van der Waals surface area contributed by atoms with Gasteiger partial charge in [0.15, 0.2) is 0 Å². The molecule has 5 heteroatoms. The van der Waals surface area contributed by atoms with E-state index in [0.29, 0.717) is 0 Å². The molecule has 0 spiro atoms. The van der Waals surface area contributed by atoms with Crippen molar-refractivity contribution in [2.24, 2.45) is 0 Å². The summed E-state index contributed by atoms with van der Waals surface area (Å²) in [6.45, 7) is 0. The van der Waals surface area contributed by atoms with Crippen LogP contribution in [0, 0.1) is 0 Å². The van der Waals surface area contributed by atoms with Gasteiger partial charge in [-0.1, -0.05) is 0 Å². The first-order valence-electron chi connectivity index (χ1n) is 5.15. The van der Waals surface area contributed by atoms with E-state index in [1.165, 1.54) is 0 Å². The van der Waals surface area contributed by atoms with Crippen LogP contribution in [0.25, 0.3) is 0 Å². The summed E-state index contributed by atoms with van der Waals surface area (Å²) in [6, 6.07) is 16.3. The third-order valence-electron chi connectivity index (χ3n) is 2.45. The van der Waals surface area contributed by atoms with Gasteiger partial charge in [0.2, 0.25) is 0 Å². The zero-order chi connectivity index (χ0) is 13.1. The first-order valence-corrected chi connectivity index (χ1v) is 17.4. The Morgan fingerprint density at radius 3 is 1.33 bits per heavy atom. The van der Waals surface area contributed by atoms with E-state index in [4.69, 9.17) is 17.2 Å². The van der Waals surface area contributed by atoms with Crippen molar-refractivity contribution in [3.63, 3.8) is 0 Å². The van der Waals surface area contributed by atoms with Crippen molar-refractivity contribution in [2.75, 3.05) is 0 Å². The monoisotopic (exact) mass is 572 g/mol. The van der Waals surface area contributed by atoms with Crippen molar-refractivity contribution in [3.8, 4) is 0 Å². The molecule has 0 aromatic heterocycles. The Hall–Kier alpha value is 0.720. The number of hydrogen-bond acceptors (Lipinski definition) is 0. The fraction of sp³-hybridized carbons (Fsp3) is 0. The maximum atomic E-state index is 6.31. The van der Waals surface area contributed by atoms with Gasteiger partial charge in [0, 0.05) is 0 Å². The molecule has 0 unspecified atom stereocenters. The predicted molar refractivity (Wildman–Crippen MR) is 83.2 cm³/mol. The Bertz CT molecular complexity index is 525. The Kier molecular flexibility index (Phi) is 5.83. The first-order chi connectivity index (χ1) is 8.58. The van der Waals surface area contributed by atoms with E-state index in [-0.39, 0.29) is 0 Å². The van der Waals surface area contributed by atoms with E-state index >= 15 is 0 Å². The van der Waals surface area contributed by atoms with Crippen LogP contribution in [0.5, 0.6) is 0 Å². The zero-order valence-electron chi connectivity index (χ0n) is 9.13. The summed E-state index contributed by atoms with van der Waals surface area (Å²) in [7, 11) is 12.6. The second-order valence-corrected chi connectivity index (χ2v) is 16.9. The van der Waals surface area contributed by atoms with Crippen LogP contribution in [-0.4, -0.2) is 3.26 Å². The van der Waals surface area contributed by atoms with Gasteiger partial charge in [0.05, 0.1) is 0 Å². The number of hydrogen-bond donors (Lipinski definition) is 0. The average Bonchev–Trinajstić information content (AvgIpc) is 2.34. The summed E-state index contributed by atoms with van der Waals surface area (Å²) in [4.78, 5) is 0. The van der Waals surface area contributed by atoms with Crippen molar-refractivity contribution in [1.82, 2.24) is 0 Å². The molecule has 0 nitrogen and oxygen atoms in total. The van der Waals surface area contributed by atoms with Crippen LogP contribution in [0.1, 0.15) is 11.1 Å². The predicted octanol–water partition coefficient (Wildman–Crippen LogP) is 5.71. The molecule has 0 aliphatic heterocycles. The maximum absolute atomic E-state index is 6.31. The van der Waals surface area contributed by atoms with E-state index in [1.807, 2.05) is 24.3 Å². The van der Waals surface area contributed by atoms with Crippen LogP contribution in [0.4, 0.5) is 0 Å². The van der Waals surface area contributed by atoms with E-state index in [9.17, 15) is 0 Å². The summed E-state index contributed by atoms with van der Waals surface area (Å²) in [5.74, 6) is 0. The Morgan fingerprint density at radius 2 is 1.06 bits per heavy atom. The molecule has 18 heavy (non-hydrogen) atoms. The molecule has 0 aliphatic rings. The standard InChI is InChI=1S/C13H8Br2.2ClH.Hf/c14-12-5-1-10(2-6-12)9-11-3-7-13(15)8-4-11;;;/h1-8H;2*1H;/q;;;+2/p-2. The molecule has 0 radical (unpaired) electrons. The molecular weight excluding hydrogens is 565 g/mol. The summed E-state index contributed by atoms with van der Waals surface area (Å²) in [5, 5.41) is 0. The molecule has 0 saturated carbocycles. The summed E-state index contributed by atoms with van der Waals surface area (Å²) >= 11 is 4.19. The summed E-state index contributed by atoms with van der Waals surface area (Å²) in [6.07, 6.45) is 0. The third kappa shape index (κ3) is 3.86. The Morgan fingerprint density at radius 1 is 0.722 bits per heavy atom. The van der Waals surface area contributed by atoms with Crippen molar-refractivity contribution < 1.29 is 18.6 Å². The molecular formula is C13H8Br2Cl2Hf. The van der Waals surface area contributed by atoms with Crippen molar-refractivity contribution in [2.45, 2.75) is 0 Å². The zero-order valence-corrected chi connectivity index (χ0v) is 17.4. The minimum atomic E-state index is -2.67. The van der Waals surface area contributed by atoms with Gasteiger partial charge in [0.25, 0.3) is 0 Å². The molecule has 0 atom stereocenters. The summed E-state index contributed by atoms with van der Waals surface area (Å²) < 4.78 is 3.23. The van der Waals surface area contributed by atoms with Crippen molar-refractivity contribution >= 4 is 52.3 Å². The van der Waals surface area contributed by atoms with E-state index in [2.05, 4.69) is 56.1 Å². The second-order valence-electron chi connectivity index (χ2n) is 3.65. The third-order valence-corrected chi connectivity index (χ3v) is 10.0. The molecule has 0 bridgehead atoms. The van der Waals surface area contributed by atoms with Crippen molar-refractivity contribution in [1.29, 1.82) is 0 Å². The molecule has 0 fully saturated rings. The van der Waals surface area contributed by atoms with Gasteiger partial charge in [-0.3, -0.25) is 0 Å². The summed E-state index contributed by atoms with van der Waals surface area (Å²) in [5.41, 5.74) is 2.24. The normalized spacial score (nSPS) is 10.2. The molecule has 0 heterocycles. The minimum absolute atomic E-state index is 1.05. The van der Waals surface area contributed by atoms with Gasteiger partial charge in [-0.2, -0.15) is 0 Å². The molecule has 92 valence electrons. The Balaban J connectivity index is 2.51. The second kappa shape index (κ2) is 6.94. The van der Waals surface area contributed by atoms with Gasteiger partial charge < -0.3 is 0 Å². The van der Waals surface area contributed by atoms with E-state index in [0.717, 1.165) is 23.3 Å². The molecule has 2 rings (SSSR count). The van der Waals surface area contributed by atoms with Gasteiger partial charge >= 0.3 is 139 Å². The SMILES string of the molecule is [Cl][Hf]([Cl])=[C](c1ccc(Br)cc1)c1ccc(Br)cc1. The quantitative estimate of drug-likeness (QED) is 0.405. The Labute approximate surface area is 138 Å². The first kappa shape index (κ1) is 15.1. The number of benzene rings is 2. The molecule has 0 saturated heterocycles. The number of halogens is 4. The van der Waals surface area contributed by atoms with Crippen LogP contribution in [0.15, 0.2) is 57.5 Å². The molecule has 0 amide bonds. The van der Waals surface area contributed by atoms with Crippen LogP contribution in [0.3, 0.4) is 0 Å². The molecule has 0 N–H and O–H groups in total. The van der Waals surface area contributed by atoms with Crippen LogP contribution < -0.4 is 0 Å². The van der Waals surface area contributed by atoms with E-state index < -0.39 is 18.6 Å². The van der Waals surface area contributed by atoms with Gasteiger partial charge in [-0.25, -0.2) is 0 Å². The molecule has 2 aromatic carbocycles. The van der Waals surface area contributed by atoms with Gasteiger partial charge in [0.1, 0.15) is 0 Å². The van der Waals surface area contributed by atoms with Gasteiger partial charge in [-0.05, 0) is 0 Å². The van der Waals surface area contributed by atoms with E-state index in [1.54, 1.807) is 0 Å². The van der Waals surface area contributed by atoms with Crippen molar-refractivity contribution in [3.05, 3.63) is 68.6 Å². The average molecular weight is 573 g/mol. The fourth-order valence-electron chi connectivity index (χ4n) is 1.62. The van der Waals surface area contributed by atoms with Crippen LogP contribution >= 0.6 is 49.0 Å². The molecule has 0 aliphatic carbocycles. The topological polar surface area (TPSA) is 0 Å². The van der Waals surface area contributed by atoms with Gasteiger partial charge in [-0.15, -0.1) is 0 Å². The molecule has 2 aromatic rings. The fourth-order valence-corrected chi connectivity index (χ4v) is 8.48. The van der Waals surface area contributed by atoms with Crippen LogP contribution in [0.2, 0.25) is 0 Å². The number of rotatable bonds is 2.